The maximum Gasteiger partial charge on any atom is 0.275 e. The molecular formula is C13H14N4O2S. The van der Waals surface area contributed by atoms with Crippen molar-refractivity contribution in [3.05, 3.63) is 45.4 Å². The summed E-state index contributed by atoms with van der Waals surface area (Å²) >= 11 is 1.42. The number of aryl methyl sites for hydroxylation is 2. The Labute approximate surface area is 120 Å². The topological polar surface area (TPSA) is 101 Å². The van der Waals surface area contributed by atoms with E-state index in [0.29, 0.717) is 16.9 Å². The first-order valence-corrected chi connectivity index (χ1v) is 6.71. The number of carbonyl (C=O) groups excluding carboxylic acids is 1. The van der Waals surface area contributed by atoms with Crippen molar-refractivity contribution < 1.29 is 10.0 Å². The molecule has 0 saturated carbocycles. The third-order valence-electron chi connectivity index (χ3n) is 2.74. The minimum atomic E-state index is -0.283. The normalized spacial score (nSPS) is 11.4. The van der Waals surface area contributed by atoms with Crippen molar-refractivity contribution in [2.24, 2.45) is 10.9 Å². The number of nitrogens with one attached hydrogen (secondary N) is 1. The summed E-state index contributed by atoms with van der Waals surface area (Å²) in [5, 5.41) is 16.9. The molecule has 0 aliphatic rings. The molecule has 0 radical (unpaired) electrons. The molecule has 6 nitrogen and oxygen atoms in total. The van der Waals surface area contributed by atoms with Crippen LogP contribution in [-0.2, 0) is 0 Å². The van der Waals surface area contributed by atoms with Gasteiger partial charge in [0.25, 0.3) is 5.91 Å². The van der Waals surface area contributed by atoms with Crippen molar-refractivity contribution in [1.29, 1.82) is 0 Å². The Balaban J connectivity index is 2.26. The molecule has 1 amide bonds. The maximum absolute atomic E-state index is 12.1. The quantitative estimate of drug-likeness (QED) is 0.349. The monoisotopic (exact) mass is 290 g/mol. The molecule has 2 rings (SSSR count). The summed E-state index contributed by atoms with van der Waals surface area (Å²) in [7, 11) is 0. The van der Waals surface area contributed by atoms with E-state index in [-0.39, 0.29) is 11.7 Å². The number of hydrogen-bond acceptors (Lipinski definition) is 5. The molecule has 1 heterocycles. The van der Waals surface area contributed by atoms with E-state index in [1.165, 1.54) is 11.3 Å². The van der Waals surface area contributed by atoms with Gasteiger partial charge in [0.2, 0.25) is 0 Å². The van der Waals surface area contributed by atoms with Crippen molar-refractivity contribution in [1.82, 2.24) is 4.98 Å². The molecule has 1 aromatic heterocycles. The lowest BCUT2D eigenvalue weighted by Gasteiger charge is -2.09. The molecule has 104 valence electrons. The van der Waals surface area contributed by atoms with Gasteiger partial charge in [-0.1, -0.05) is 17.3 Å². The molecule has 4 N–H and O–H groups in total. The largest absolute Gasteiger partial charge is 0.409 e. The molecule has 20 heavy (non-hydrogen) atoms. The Morgan fingerprint density at radius 3 is 2.80 bits per heavy atom. The lowest BCUT2D eigenvalue weighted by atomic mass is 10.1. The SMILES string of the molecule is Cc1nc(C(=O)Nc2cc(C(N)=NO)ccc2C)cs1. The van der Waals surface area contributed by atoms with Gasteiger partial charge < -0.3 is 16.3 Å². The molecule has 2 aromatic rings. The van der Waals surface area contributed by atoms with Crippen molar-refractivity contribution in [2.45, 2.75) is 13.8 Å². The zero-order valence-electron chi connectivity index (χ0n) is 11.0. The lowest BCUT2D eigenvalue weighted by molar-refractivity contribution is 0.102. The van der Waals surface area contributed by atoms with Crippen LogP contribution in [0.4, 0.5) is 5.69 Å². The van der Waals surface area contributed by atoms with Crippen LogP contribution in [0.25, 0.3) is 0 Å². The van der Waals surface area contributed by atoms with Crippen molar-refractivity contribution >= 4 is 28.8 Å². The van der Waals surface area contributed by atoms with Gasteiger partial charge in [0, 0.05) is 16.6 Å². The highest BCUT2D eigenvalue weighted by Crippen LogP contribution is 2.18. The summed E-state index contributed by atoms with van der Waals surface area (Å²) in [5.74, 6) is -0.292. The number of anilines is 1. The molecule has 0 aliphatic carbocycles. The Morgan fingerprint density at radius 2 is 2.20 bits per heavy atom. The van der Waals surface area contributed by atoms with Crippen molar-refractivity contribution in [3.8, 4) is 0 Å². The first-order chi connectivity index (χ1) is 9.51. The lowest BCUT2D eigenvalue weighted by Crippen LogP contribution is -2.16. The Bertz CT molecular complexity index is 679. The number of benzene rings is 1. The smallest absolute Gasteiger partial charge is 0.275 e. The van der Waals surface area contributed by atoms with Crippen LogP contribution in [0.15, 0.2) is 28.7 Å². The third kappa shape index (κ3) is 2.94. The fraction of sp³-hybridized carbons (Fsp3) is 0.154. The van der Waals surface area contributed by atoms with Crippen LogP contribution >= 0.6 is 11.3 Å². The maximum atomic E-state index is 12.1. The zero-order valence-corrected chi connectivity index (χ0v) is 11.9. The summed E-state index contributed by atoms with van der Waals surface area (Å²) in [6.45, 7) is 3.70. The summed E-state index contributed by atoms with van der Waals surface area (Å²) in [6, 6.07) is 5.16. The third-order valence-corrected chi connectivity index (χ3v) is 3.51. The van der Waals surface area contributed by atoms with E-state index in [2.05, 4.69) is 15.5 Å². The predicted molar refractivity (Wildman–Crippen MR) is 78.5 cm³/mol. The Hall–Kier alpha value is -2.41. The van der Waals surface area contributed by atoms with E-state index >= 15 is 0 Å². The Kier molecular flexibility index (Phi) is 3.99. The van der Waals surface area contributed by atoms with Crippen LogP contribution in [-0.4, -0.2) is 21.9 Å². The van der Waals surface area contributed by atoms with Gasteiger partial charge in [0.05, 0.1) is 5.01 Å². The van der Waals surface area contributed by atoms with Crippen LogP contribution in [0.5, 0.6) is 0 Å². The number of amides is 1. The number of rotatable bonds is 3. The van der Waals surface area contributed by atoms with Crippen molar-refractivity contribution in [3.63, 3.8) is 0 Å². The summed E-state index contributed by atoms with van der Waals surface area (Å²) in [5.41, 5.74) is 7.92. The number of nitrogens with zero attached hydrogens (tertiary/aromatic N) is 2. The number of hydrogen-bond donors (Lipinski definition) is 3. The van der Waals surface area contributed by atoms with Crippen LogP contribution in [0.2, 0.25) is 0 Å². The minimum absolute atomic E-state index is 0.00926. The number of amidine groups is 1. The number of aromatic nitrogens is 1. The summed E-state index contributed by atoms with van der Waals surface area (Å²) in [6.07, 6.45) is 0. The van der Waals surface area contributed by atoms with E-state index < -0.39 is 0 Å². The molecule has 0 bridgehead atoms. The number of thiazole rings is 1. The average molecular weight is 290 g/mol. The van der Waals surface area contributed by atoms with E-state index in [1.807, 2.05) is 13.8 Å². The van der Waals surface area contributed by atoms with E-state index in [4.69, 9.17) is 10.9 Å². The van der Waals surface area contributed by atoms with Crippen LogP contribution < -0.4 is 11.1 Å². The zero-order chi connectivity index (χ0) is 14.7. The molecule has 1 aromatic carbocycles. The van der Waals surface area contributed by atoms with Gasteiger partial charge in [0.15, 0.2) is 5.84 Å². The van der Waals surface area contributed by atoms with Gasteiger partial charge in [-0.15, -0.1) is 11.3 Å². The van der Waals surface area contributed by atoms with Gasteiger partial charge in [-0.25, -0.2) is 4.98 Å². The first kappa shape index (κ1) is 14.0. The summed E-state index contributed by atoms with van der Waals surface area (Å²) in [4.78, 5) is 16.2. The van der Waals surface area contributed by atoms with E-state index in [1.54, 1.807) is 23.6 Å². The van der Waals surface area contributed by atoms with Gasteiger partial charge >= 0.3 is 0 Å². The summed E-state index contributed by atoms with van der Waals surface area (Å²) < 4.78 is 0. The molecule has 0 saturated heterocycles. The molecule has 7 heteroatoms. The highest BCUT2D eigenvalue weighted by Gasteiger charge is 2.12. The average Bonchev–Trinajstić information content (AvgIpc) is 2.87. The highest BCUT2D eigenvalue weighted by atomic mass is 32.1. The van der Waals surface area contributed by atoms with Crippen molar-refractivity contribution in [2.75, 3.05) is 5.32 Å². The first-order valence-electron chi connectivity index (χ1n) is 5.83. The second kappa shape index (κ2) is 5.70. The van der Waals surface area contributed by atoms with Crippen LogP contribution in [0.1, 0.15) is 26.6 Å². The Morgan fingerprint density at radius 1 is 1.45 bits per heavy atom. The van der Waals surface area contributed by atoms with Gasteiger partial charge in [-0.05, 0) is 25.5 Å². The molecule has 0 aliphatic heterocycles. The van der Waals surface area contributed by atoms with Crippen LogP contribution in [0.3, 0.4) is 0 Å². The number of nitrogens with two attached hydrogens (primary N) is 1. The van der Waals surface area contributed by atoms with E-state index in [0.717, 1.165) is 10.6 Å². The number of carbonyl (C=O) groups is 1. The predicted octanol–water partition coefficient (Wildman–Crippen LogP) is 2.11. The second-order valence-electron chi connectivity index (χ2n) is 4.22. The van der Waals surface area contributed by atoms with Gasteiger partial charge in [-0.3, -0.25) is 4.79 Å². The molecule has 0 fully saturated rings. The molecular weight excluding hydrogens is 276 g/mol. The fourth-order valence-corrected chi connectivity index (χ4v) is 2.22. The van der Waals surface area contributed by atoms with Gasteiger partial charge in [-0.2, -0.15) is 0 Å². The fourth-order valence-electron chi connectivity index (χ4n) is 1.63. The number of oxime groups is 1. The van der Waals surface area contributed by atoms with Crippen LogP contribution in [0, 0.1) is 13.8 Å². The molecule has 0 atom stereocenters. The minimum Gasteiger partial charge on any atom is -0.409 e. The van der Waals surface area contributed by atoms with Gasteiger partial charge in [0.1, 0.15) is 5.69 Å². The molecule has 0 spiro atoms. The van der Waals surface area contributed by atoms with E-state index in [9.17, 15) is 4.79 Å². The second-order valence-corrected chi connectivity index (χ2v) is 5.28. The standard InChI is InChI=1S/C13H14N4O2S/c1-7-3-4-9(12(14)17-19)5-10(7)16-13(18)11-6-20-8(2)15-11/h3-6,19H,1-2H3,(H2,14,17)(H,16,18). The molecule has 0 unspecified atom stereocenters. The highest BCUT2D eigenvalue weighted by molar-refractivity contribution is 7.09.